The van der Waals surface area contributed by atoms with Crippen molar-refractivity contribution in [3.05, 3.63) is 241 Å². The van der Waals surface area contributed by atoms with Crippen LogP contribution in [0.3, 0.4) is 0 Å². The second kappa shape index (κ2) is 43.9. The molecule has 0 spiro atoms. The molecule has 4 saturated heterocycles. The molecule has 4 fully saturated rings. The van der Waals surface area contributed by atoms with Gasteiger partial charge in [0.15, 0.2) is 23.3 Å². The first kappa shape index (κ1) is 104. The number of rotatable bonds is 16. The summed E-state index contributed by atoms with van der Waals surface area (Å²) in [5.41, 5.74) is 0.395. The number of alkyl halides is 12. The smallest absolute Gasteiger partial charge is 0.354 e. The highest BCUT2D eigenvalue weighted by Crippen LogP contribution is 2.44. The Bertz CT molecular complexity index is 7180. The molecule has 0 aliphatic carbocycles. The standard InChI is InChI=1S/2C25H24F4N8O.2C24H22F4N8O/c1-35(24(38)32-20-4-3-15(26)13-19(20)25(27,28)29)16-7-11-37(12-8-16)23-18-14-30-9-5-17(18)22(33-34-23)21-6-10-31-36(21)2;1-35(24(38)32-19-6-5-15(26)14-18(19)25(27,28)29)16-8-12-37(13-9-16)23-22-17(4-3-10-30-22)21(33-34-23)20-7-11-31-36(20)2;1-35-20(5-9-30-35)21-16-4-8-29-13-17(16)22(34-33-21)36-10-6-15(7-11-36)31-23(37)32-19-3-2-14(25)12-18(19)24(26,27)28;1-35-19(6-10-30-35)20-16-3-2-9-29-21(16)22(34-33-20)36-11-7-15(8-12-36)31-23(37)32-18-5-4-14(25)13-17(18)24(26,27)28/h3-6,9-10,13-14,16H,7-8,11-12H2,1-2H3,(H,32,38);3-7,10-11,14,16H,8-9,12-13H2,1-2H3,(H,32,38);2-5,8-9,12-13,15H,6-7,10-11H2,1H3,(H2,31,32,37);2-6,9-10,13,15H,7-8,11-12H2,1H3,(H2,31,32,37). The minimum absolute atomic E-state index is 0.216. The maximum absolute atomic E-state index is 13.4. The number of aromatic nitrogens is 20. The molecule has 0 radical (unpaired) electrons. The number of nitrogens with one attached hydrogen (secondary N) is 6. The van der Waals surface area contributed by atoms with Crippen LogP contribution < -0.4 is 51.5 Å². The molecule has 780 valence electrons. The number of aryl methyl sites for hydroxylation is 4. The number of pyridine rings is 4. The SMILES string of the molecule is CN(C(=O)Nc1ccc(F)cc1C(F)(F)F)C1CCN(c2nnc(-c3ccnn3C)c3cccnc23)CC1.CN(C(=O)Nc1ccc(F)cc1C(F)(F)F)C1CCN(c2nnc(-c3ccnn3C)c3ccncc23)CC1.Cn1nccc1-c1nnc(N2CCC(NC(=O)Nc3ccc(F)cc3C(F)(F)F)CC2)c2cnccc12.Cn1nccc1-c1nnc(N2CCC(NC(=O)Nc3ccc(F)cc3C(F)(F)F)CC2)c2ncccc12. The third-order valence-corrected chi connectivity index (χ3v) is 26.1. The lowest BCUT2D eigenvalue weighted by Gasteiger charge is -2.37. The lowest BCUT2D eigenvalue weighted by molar-refractivity contribution is -0.137. The Morgan fingerprint density at radius 3 is 0.873 bits per heavy atom. The van der Waals surface area contributed by atoms with Gasteiger partial charge in [0.05, 0.1) is 67.8 Å². The van der Waals surface area contributed by atoms with Gasteiger partial charge in [0.2, 0.25) is 0 Å². The number of hydrogen-bond acceptors (Lipinski definition) is 24. The Kier molecular flexibility index (Phi) is 30.5. The van der Waals surface area contributed by atoms with Gasteiger partial charge in [0, 0.05) is 213 Å². The van der Waals surface area contributed by atoms with Gasteiger partial charge in [-0.1, -0.05) is 0 Å². The van der Waals surface area contributed by atoms with Crippen molar-refractivity contribution in [2.45, 2.75) is 100 Å². The van der Waals surface area contributed by atoms with Crippen LogP contribution in [0.1, 0.15) is 73.6 Å². The summed E-state index contributed by atoms with van der Waals surface area (Å²) in [5.74, 6) is -1.56. The van der Waals surface area contributed by atoms with E-state index in [1.54, 1.807) is 80.7 Å². The summed E-state index contributed by atoms with van der Waals surface area (Å²) in [6.07, 6.45) is 2.12. The zero-order chi connectivity index (χ0) is 106. The lowest BCUT2D eigenvalue weighted by atomic mass is 10.0. The van der Waals surface area contributed by atoms with Gasteiger partial charge >= 0.3 is 48.8 Å². The zero-order valence-electron chi connectivity index (χ0n) is 80.4. The molecule has 20 rings (SSSR count). The highest BCUT2D eigenvalue weighted by atomic mass is 19.4. The van der Waals surface area contributed by atoms with Gasteiger partial charge in [-0.25, -0.2) is 36.7 Å². The fraction of sp³-hybridized carbons (Fsp3) is 0.306. The van der Waals surface area contributed by atoms with E-state index in [4.69, 9.17) is 0 Å². The number of halogens is 16. The normalized spacial score (nSPS) is 14.7. The molecule has 52 heteroatoms. The van der Waals surface area contributed by atoms with Crippen LogP contribution in [0.4, 0.5) is 135 Å². The van der Waals surface area contributed by atoms with Crippen molar-refractivity contribution in [3.8, 4) is 45.6 Å². The summed E-state index contributed by atoms with van der Waals surface area (Å²) in [6, 6.07) is 23.3. The van der Waals surface area contributed by atoms with E-state index in [0.29, 0.717) is 185 Å². The Balaban J connectivity index is 0.000000136. The summed E-state index contributed by atoms with van der Waals surface area (Å²) < 4.78 is 219. The third kappa shape index (κ3) is 23.4. The third-order valence-electron chi connectivity index (χ3n) is 26.1. The molecule has 4 aromatic carbocycles. The Labute approximate surface area is 841 Å². The van der Waals surface area contributed by atoms with E-state index in [9.17, 15) is 89.4 Å². The first-order valence-electron chi connectivity index (χ1n) is 46.7. The van der Waals surface area contributed by atoms with Crippen LogP contribution >= 0.6 is 0 Å². The Morgan fingerprint density at radius 1 is 0.313 bits per heavy atom. The first-order valence-corrected chi connectivity index (χ1v) is 46.7. The molecule has 0 atom stereocenters. The molecule has 12 aromatic heterocycles. The van der Waals surface area contributed by atoms with E-state index in [2.05, 4.69) is 118 Å². The summed E-state index contributed by atoms with van der Waals surface area (Å²) >= 11 is 0. The first-order chi connectivity index (χ1) is 71.7. The largest absolute Gasteiger partial charge is 0.418 e. The Morgan fingerprint density at radius 2 is 0.587 bits per heavy atom. The van der Waals surface area contributed by atoms with Gasteiger partial charge in [-0.2, -0.15) is 73.1 Å². The van der Waals surface area contributed by atoms with Gasteiger partial charge in [0.25, 0.3) is 0 Å². The van der Waals surface area contributed by atoms with E-state index in [-0.39, 0.29) is 24.2 Å². The number of hydrogen-bond donors (Lipinski definition) is 6. The highest BCUT2D eigenvalue weighted by molar-refractivity contribution is 6.02. The van der Waals surface area contributed by atoms with E-state index >= 15 is 0 Å². The van der Waals surface area contributed by atoms with Crippen molar-refractivity contribution < 1.29 is 89.4 Å². The molecule has 0 saturated carbocycles. The molecule has 8 amide bonds. The number of nitrogens with zero attached hydrogens (tertiary/aromatic N) is 26. The summed E-state index contributed by atoms with van der Waals surface area (Å²) in [5, 5.41) is 72.0. The number of carbonyl (C=O) groups is 4. The average molecular weight is 2090 g/mol. The van der Waals surface area contributed by atoms with Crippen molar-refractivity contribution in [1.82, 2.24) is 120 Å². The summed E-state index contributed by atoms with van der Waals surface area (Å²) in [7, 11) is 10.4. The van der Waals surface area contributed by atoms with Crippen LogP contribution in [0.5, 0.6) is 0 Å². The van der Waals surface area contributed by atoms with E-state index in [1.807, 2.05) is 104 Å². The van der Waals surface area contributed by atoms with E-state index in [0.717, 1.165) is 104 Å². The van der Waals surface area contributed by atoms with Crippen molar-refractivity contribution in [2.75, 3.05) is 107 Å². The maximum atomic E-state index is 13.4. The number of fused-ring (bicyclic) bond motifs is 4. The molecule has 4 aliphatic rings. The number of anilines is 8. The predicted molar refractivity (Wildman–Crippen MR) is 523 cm³/mol. The van der Waals surface area contributed by atoms with Gasteiger partial charge in [-0.3, -0.25) is 38.7 Å². The second-order valence-corrected chi connectivity index (χ2v) is 35.5. The van der Waals surface area contributed by atoms with E-state index in [1.165, 1.54) is 23.9 Å². The van der Waals surface area contributed by atoms with E-state index < -0.39 is 117 Å². The highest BCUT2D eigenvalue weighted by Gasteiger charge is 2.41. The van der Waals surface area contributed by atoms with Crippen LogP contribution in [-0.2, 0) is 52.9 Å². The molecular weight excluding hydrogens is 1990 g/mol. The number of piperidine rings is 4. The fourth-order valence-corrected chi connectivity index (χ4v) is 18.3. The van der Waals surface area contributed by atoms with Gasteiger partial charge < -0.3 is 61.3 Å². The van der Waals surface area contributed by atoms with Crippen LogP contribution in [0, 0.1) is 23.3 Å². The van der Waals surface area contributed by atoms with Crippen LogP contribution in [0.2, 0.25) is 0 Å². The molecule has 6 N–H and O–H groups in total. The number of benzene rings is 4. The predicted octanol–water partition coefficient (Wildman–Crippen LogP) is 18.2. The topological polar surface area (TPSA) is 386 Å². The van der Waals surface area contributed by atoms with Crippen molar-refractivity contribution in [1.29, 1.82) is 0 Å². The van der Waals surface area contributed by atoms with Crippen molar-refractivity contribution in [3.63, 3.8) is 0 Å². The monoisotopic (exact) mass is 2080 g/mol. The van der Waals surface area contributed by atoms with Gasteiger partial charge in [0.1, 0.15) is 57.1 Å². The zero-order valence-corrected chi connectivity index (χ0v) is 80.4. The lowest BCUT2D eigenvalue weighted by Crippen LogP contribution is -2.47. The fourth-order valence-electron chi connectivity index (χ4n) is 18.3. The van der Waals surface area contributed by atoms with Crippen LogP contribution in [0.15, 0.2) is 195 Å². The molecule has 16 heterocycles. The van der Waals surface area contributed by atoms with Gasteiger partial charge in [-0.05, 0) is 185 Å². The average Bonchev–Trinajstić information content (AvgIpc) is 1.34. The quantitative estimate of drug-likeness (QED) is 0.0489. The maximum Gasteiger partial charge on any atom is 0.418 e. The van der Waals surface area contributed by atoms with Crippen LogP contribution in [-0.4, -0.2) is 224 Å². The molecule has 150 heavy (non-hydrogen) atoms. The molecule has 36 nitrogen and oxygen atoms in total. The molecule has 0 bridgehead atoms. The molecule has 4 aliphatic heterocycles. The van der Waals surface area contributed by atoms with Crippen molar-refractivity contribution >= 4 is 113 Å². The number of carbonyl (C=O) groups excluding carboxylic acids is 4. The molecular formula is C98H92F16N32O4. The summed E-state index contributed by atoms with van der Waals surface area (Å²) in [4.78, 5) is 78.9. The molecule has 16 aromatic rings. The summed E-state index contributed by atoms with van der Waals surface area (Å²) in [6.45, 7) is 4.32. The number of urea groups is 4. The van der Waals surface area contributed by atoms with Crippen molar-refractivity contribution in [2.24, 2.45) is 28.2 Å². The minimum atomic E-state index is -4.81. The minimum Gasteiger partial charge on any atom is -0.354 e. The molecule has 0 unspecified atom stereocenters. The number of amides is 8. The van der Waals surface area contributed by atoms with Gasteiger partial charge in [-0.15, -0.1) is 40.8 Å². The Hall–Kier alpha value is -17.2. The van der Waals surface area contributed by atoms with Crippen LogP contribution in [0.25, 0.3) is 88.9 Å². The second-order valence-electron chi connectivity index (χ2n) is 35.5.